The predicted molar refractivity (Wildman–Crippen MR) is 90.8 cm³/mol. The summed E-state index contributed by atoms with van der Waals surface area (Å²) in [6.07, 6.45) is 5.01. The predicted octanol–water partition coefficient (Wildman–Crippen LogP) is 1.35. The Hall–Kier alpha value is -2.15. The van der Waals surface area contributed by atoms with E-state index >= 15 is 0 Å². The molecule has 1 amide bonds. The number of aromatic nitrogens is 1. The molecule has 2 N–H and O–H groups in total. The topological polar surface area (TPSA) is 99.7 Å². The Balaban J connectivity index is 1.90. The van der Waals surface area contributed by atoms with Crippen molar-refractivity contribution in [1.82, 2.24) is 9.88 Å². The van der Waals surface area contributed by atoms with Gasteiger partial charge in [0.05, 0.1) is 12.5 Å². The number of ether oxygens (including phenoxy) is 1. The molecule has 1 fully saturated rings. The van der Waals surface area contributed by atoms with Crippen LogP contribution in [-0.4, -0.2) is 52.7 Å². The molecule has 1 aromatic rings. The first-order chi connectivity index (χ1) is 12.0. The molecule has 0 radical (unpaired) electrons. The molecule has 1 aliphatic carbocycles. The Kier molecular flexibility index (Phi) is 5.22. The number of amides is 1. The third-order valence-electron chi connectivity index (χ3n) is 5.20. The van der Waals surface area contributed by atoms with E-state index in [1.54, 1.807) is 13.2 Å². The normalized spacial score (nSPS) is 23.2. The number of rotatable bonds is 4. The molecule has 3 rings (SSSR count). The maximum atomic E-state index is 13.0. The smallest absolute Gasteiger partial charge is 0.305 e. The average molecular weight is 348 g/mol. The molecule has 0 bridgehead atoms. The molecular formula is C18H24N2O5. The van der Waals surface area contributed by atoms with Crippen LogP contribution in [0.4, 0.5) is 0 Å². The summed E-state index contributed by atoms with van der Waals surface area (Å²) < 4.78 is 5.30. The number of carbonyl (C=O) groups is 2. The molecule has 7 nitrogen and oxygen atoms in total. The standard InChI is InChI=1S/C18H24N2O5/c1-25-13-8-12(9-16(21)22)20(10-13)18(24)14-7-11-5-3-2-4-6-15(11)19-17(14)23/h7,12-13H,2-6,8-10H2,1H3,(H,19,23)(H,21,22). The minimum atomic E-state index is -0.963. The van der Waals surface area contributed by atoms with Gasteiger partial charge in [-0.1, -0.05) is 6.42 Å². The van der Waals surface area contributed by atoms with Crippen molar-refractivity contribution in [3.8, 4) is 0 Å². The highest BCUT2D eigenvalue weighted by molar-refractivity contribution is 5.94. The average Bonchev–Trinajstić information content (AvgIpc) is 2.83. The summed E-state index contributed by atoms with van der Waals surface area (Å²) in [6.45, 7) is 0.309. The fourth-order valence-electron chi connectivity index (χ4n) is 3.85. The van der Waals surface area contributed by atoms with Gasteiger partial charge in [0, 0.05) is 25.4 Å². The van der Waals surface area contributed by atoms with E-state index in [-0.39, 0.29) is 23.6 Å². The Labute approximate surface area is 146 Å². The van der Waals surface area contributed by atoms with Crippen molar-refractivity contribution >= 4 is 11.9 Å². The molecule has 0 aromatic carbocycles. The molecule has 25 heavy (non-hydrogen) atoms. The fourth-order valence-corrected chi connectivity index (χ4v) is 3.85. The minimum absolute atomic E-state index is 0.104. The van der Waals surface area contributed by atoms with Gasteiger partial charge in [0.1, 0.15) is 5.56 Å². The second-order valence-corrected chi connectivity index (χ2v) is 6.88. The molecule has 2 heterocycles. The van der Waals surface area contributed by atoms with Crippen LogP contribution in [0.3, 0.4) is 0 Å². The third kappa shape index (κ3) is 3.76. The van der Waals surface area contributed by atoms with E-state index in [1.807, 2.05) is 0 Å². The maximum Gasteiger partial charge on any atom is 0.305 e. The van der Waals surface area contributed by atoms with Crippen LogP contribution in [-0.2, 0) is 22.4 Å². The highest BCUT2D eigenvalue weighted by Crippen LogP contribution is 2.25. The van der Waals surface area contributed by atoms with Gasteiger partial charge in [0.25, 0.3) is 11.5 Å². The monoisotopic (exact) mass is 348 g/mol. The van der Waals surface area contributed by atoms with Gasteiger partial charge < -0.3 is 19.7 Å². The molecule has 1 saturated heterocycles. The number of hydrogen-bond acceptors (Lipinski definition) is 4. The quantitative estimate of drug-likeness (QED) is 0.800. The van der Waals surface area contributed by atoms with Gasteiger partial charge in [0.2, 0.25) is 0 Å². The van der Waals surface area contributed by atoms with E-state index in [9.17, 15) is 14.4 Å². The third-order valence-corrected chi connectivity index (χ3v) is 5.20. The highest BCUT2D eigenvalue weighted by atomic mass is 16.5. The summed E-state index contributed by atoms with van der Waals surface area (Å²) in [6, 6.07) is 1.26. The SMILES string of the molecule is COC1CC(CC(=O)O)N(C(=O)c2cc3c([nH]c2=O)CCCCC3)C1. The molecule has 2 atom stereocenters. The molecule has 2 unspecified atom stereocenters. The van der Waals surface area contributed by atoms with Gasteiger partial charge in [-0.05, 0) is 43.7 Å². The number of carbonyl (C=O) groups excluding carboxylic acids is 1. The molecular weight excluding hydrogens is 324 g/mol. The zero-order chi connectivity index (χ0) is 18.0. The number of aryl methyl sites for hydroxylation is 2. The molecule has 0 spiro atoms. The second-order valence-electron chi connectivity index (χ2n) is 6.88. The van der Waals surface area contributed by atoms with Crippen molar-refractivity contribution in [2.45, 2.75) is 57.1 Å². The second kappa shape index (κ2) is 7.39. The van der Waals surface area contributed by atoms with Crippen molar-refractivity contribution in [1.29, 1.82) is 0 Å². The van der Waals surface area contributed by atoms with Gasteiger partial charge in [-0.3, -0.25) is 14.4 Å². The highest BCUT2D eigenvalue weighted by Gasteiger charge is 2.37. The lowest BCUT2D eigenvalue weighted by atomic mass is 10.0. The number of carboxylic acids is 1. The van der Waals surface area contributed by atoms with Crippen LogP contribution in [0.2, 0.25) is 0 Å². The van der Waals surface area contributed by atoms with Crippen molar-refractivity contribution in [3.63, 3.8) is 0 Å². The van der Waals surface area contributed by atoms with Crippen molar-refractivity contribution in [3.05, 3.63) is 33.2 Å². The summed E-state index contributed by atoms with van der Waals surface area (Å²) in [5, 5.41) is 9.10. The number of methoxy groups -OCH3 is 1. The van der Waals surface area contributed by atoms with Crippen molar-refractivity contribution in [2.24, 2.45) is 0 Å². The van der Waals surface area contributed by atoms with Crippen LogP contribution in [0.15, 0.2) is 10.9 Å². The summed E-state index contributed by atoms with van der Waals surface area (Å²) in [5.74, 6) is -1.37. The largest absolute Gasteiger partial charge is 0.481 e. The van der Waals surface area contributed by atoms with E-state index in [0.29, 0.717) is 13.0 Å². The lowest BCUT2D eigenvalue weighted by molar-refractivity contribution is -0.137. The number of aliphatic carboxylic acids is 1. The van der Waals surface area contributed by atoms with Crippen LogP contribution in [0.5, 0.6) is 0 Å². The first kappa shape index (κ1) is 17.7. The van der Waals surface area contributed by atoms with E-state index < -0.39 is 17.9 Å². The van der Waals surface area contributed by atoms with Crippen LogP contribution in [0.25, 0.3) is 0 Å². The zero-order valence-electron chi connectivity index (χ0n) is 14.4. The number of hydrogen-bond donors (Lipinski definition) is 2. The Morgan fingerprint density at radius 3 is 2.80 bits per heavy atom. The number of fused-ring (bicyclic) bond motifs is 1. The summed E-state index contributed by atoms with van der Waals surface area (Å²) in [5.41, 5.74) is 1.67. The van der Waals surface area contributed by atoms with Crippen LogP contribution < -0.4 is 5.56 Å². The summed E-state index contributed by atoms with van der Waals surface area (Å²) >= 11 is 0. The van der Waals surface area contributed by atoms with Gasteiger partial charge in [0.15, 0.2) is 0 Å². The lowest BCUT2D eigenvalue weighted by Gasteiger charge is -2.23. The number of likely N-dealkylation sites (tertiary alicyclic amines) is 1. The Morgan fingerprint density at radius 2 is 2.08 bits per heavy atom. The number of aromatic amines is 1. The molecule has 0 saturated carbocycles. The molecule has 136 valence electrons. The van der Waals surface area contributed by atoms with E-state index in [1.165, 1.54) is 4.90 Å². The van der Waals surface area contributed by atoms with Crippen LogP contribution in [0, 0.1) is 0 Å². The van der Waals surface area contributed by atoms with Gasteiger partial charge in [-0.2, -0.15) is 0 Å². The zero-order valence-corrected chi connectivity index (χ0v) is 14.4. The lowest BCUT2D eigenvalue weighted by Crippen LogP contribution is -2.40. The van der Waals surface area contributed by atoms with Gasteiger partial charge in [-0.15, -0.1) is 0 Å². The Bertz CT molecular complexity index is 727. The summed E-state index contributed by atoms with van der Waals surface area (Å²) in [7, 11) is 1.55. The maximum absolute atomic E-state index is 13.0. The van der Waals surface area contributed by atoms with E-state index in [4.69, 9.17) is 9.84 Å². The Morgan fingerprint density at radius 1 is 1.32 bits per heavy atom. The summed E-state index contributed by atoms with van der Waals surface area (Å²) in [4.78, 5) is 40.8. The first-order valence-electron chi connectivity index (χ1n) is 8.80. The van der Waals surface area contributed by atoms with Gasteiger partial charge >= 0.3 is 5.97 Å². The fraction of sp³-hybridized carbons (Fsp3) is 0.611. The van der Waals surface area contributed by atoms with E-state index in [0.717, 1.165) is 43.4 Å². The molecule has 2 aliphatic rings. The van der Waals surface area contributed by atoms with Crippen molar-refractivity contribution < 1.29 is 19.4 Å². The van der Waals surface area contributed by atoms with Crippen molar-refractivity contribution in [2.75, 3.05) is 13.7 Å². The van der Waals surface area contributed by atoms with Gasteiger partial charge in [-0.25, -0.2) is 0 Å². The van der Waals surface area contributed by atoms with Crippen LogP contribution in [0.1, 0.15) is 53.7 Å². The van der Waals surface area contributed by atoms with Crippen LogP contribution >= 0.6 is 0 Å². The molecule has 1 aliphatic heterocycles. The van der Waals surface area contributed by atoms with E-state index in [2.05, 4.69) is 4.98 Å². The number of nitrogens with zero attached hydrogens (tertiary/aromatic N) is 1. The number of pyridine rings is 1. The number of nitrogens with one attached hydrogen (secondary N) is 1. The number of H-pyrrole nitrogens is 1. The first-order valence-corrected chi connectivity index (χ1v) is 8.80. The molecule has 7 heteroatoms. The minimum Gasteiger partial charge on any atom is -0.481 e. The molecule has 1 aromatic heterocycles. The number of carboxylic acid groups (broad SMARTS) is 1.